The molecular weight excluding hydrogens is 488 g/mol. The summed E-state index contributed by atoms with van der Waals surface area (Å²) in [6, 6.07) is -0.917. The summed E-state index contributed by atoms with van der Waals surface area (Å²) >= 11 is 0. The van der Waals surface area contributed by atoms with Gasteiger partial charge in [-0.05, 0) is 18.8 Å². The molecule has 2 aliphatic rings. The molecule has 0 saturated carbocycles. The molecule has 0 bridgehead atoms. The predicted octanol–water partition coefficient (Wildman–Crippen LogP) is 2.48. The van der Waals surface area contributed by atoms with Crippen molar-refractivity contribution in [3.63, 3.8) is 0 Å². The number of rotatable bonds is 6. The quantitative estimate of drug-likeness (QED) is 0.500. The van der Waals surface area contributed by atoms with Crippen LogP contribution in [-0.2, 0) is 30.1 Å². The van der Waals surface area contributed by atoms with Gasteiger partial charge >= 0.3 is 18.4 Å². The van der Waals surface area contributed by atoms with Crippen LogP contribution in [0.4, 0.5) is 31.1 Å². The maximum absolute atomic E-state index is 13.4. The Morgan fingerprint density at radius 3 is 2.46 bits per heavy atom. The number of aliphatic hydroxyl groups excluding tert-OH is 1. The lowest BCUT2D eigenvalue weighted by atomic mass is 9.98. The first kappa shape index (κ1) is 26.9. The van der Waals surface area contributed by atoms with Crippen molar-refractivity contribution in [2.24, 2.45) is 5.92 Å². The summed E-state index contributed by atoms with van der Waals surface area (Å²) in [5.74, 6) is -1.90. The van der Waals surface area contributed by atoms with Gasteiger partial charge in [-0.25, -0.2) is 14.8 Å². The third kappa shape index (κ3) is 6.72. The molecule has 1 saturated heterocycles. The first-order valence-corrected chi connectivity index (χ1v) is 10.9. The van der Waals surface area contributed by atoms with Gasteiger partial charge in [0.05, 0.1) is 11.7 Å². The molecule has 35 heavy (non-hydrogen) atoms. The van der Waals surface area contributed by atoms with Gasteiger partial charge in [0.2, 0.25) is 11.7 Å². The Labute approximate surface area is 196 Å². The first-order chi connectivity index (χ1) is 16.1. The third-order valence-corrected chi connectivity index (χ3v) is 6.04. The number of carbonyl (C=O) groups excluding carboxylic acids is 1. The molecule has 3 rings (SSSR count). The molecule has 0 aromatic carbocycles. The Hall–Kier alpha value is -2.68. The van der Waals surface area contributed by atoms with Crippen LogP contribution >= 0.6 is 0 Å². The van der Waals surface area contributed by atoms with E-state index in [9.17, 15) is 41.0 Å². The molecule has 1 unspecified atom stereocenters. The van der Waals surface area contributed by atoms with Crippen LogP contribution in [0.15, 0.2) is 0 Å². The van der Waals surface area contributed by atoms with E-state index >= 15 is 0 Å². The van der Waals surface area contributed by atoms with Crippen LogP contribution in [0.1, 0.15) is 49.0 Å². The first-order valence-electron chi connectivity index (χ1n) is 10.9. The Morgan fingerprint density at radius 1 is 1.17 bits per heavy atom. The van der Waals surface area contributed by atoms with E-state index in [-0.39, 0.29) is 37.8 Å². The van der Waals surface area contributed by atoms with Crippen LogP contribution in [0.3, 0.4) is 0 Å². The van der Waals surface area contributed by atoms with E-state index in [1.807, 2.05) is 6.92 Å². The molecular formula is C20H25F6N5O4. The fraction of sp³-hybridized carbons (Fsp3) is 0.700. The van der Waals surface area contributed by atoms with Crippen molar-refractivity contribution in [3.05, 3.63) is 22.8 Å². The summed E-state index contributed by atoms with van der Waals surface area (Å²) in [6.45, 7) is 1.64. The number of fused-ring (bicyclic) bond motifs is 1. The van der Waals surface area contributed by atoms with E-state index in [0.717, 1.165) is 0 Å². The second kappa shape index (κ2) is 10.1. The van der Waals surface area contributed by atoms with E-state index < -0.39 is 60.0 Å². The highest BCUT2D eigenvalue weighted by Gasteiger charge is 2.44. The number of piperidine rings is 1. The number of likely N-dealkylation sites (tertiary alicyclic amines) is 1. The fourth-order valence-corrected chi connectivity index (χ4v) is 4.36. The zero-order chi connectivity index (χ0) is 26.1. The minimum atomic E-state index is -5.20. The Kier molecular flexibility index (Phi) is 7.79. The second-order valence-corrected chi connectivity index (χ2v) is 8.84. The molecule has 15 heteroatoms. The van der Waals surface area contributed by atoms with Crippen LogP contribution in [0.5, 0.6) is 0 Å². The summed E-state index contributed by atoms with van der Waals surface area (Å²) in [7, 11) is 0. The van der Waals surface area contributed by atoms with Crippen molar-refractivity contribution < 1.29 is 46.1 Å². The van der Waals surface area contributed by atoms with Gasteiger partial charge in [0.1, 0.15) is 6.23 Å². The number of hydrogen-bond donors (Lipinski definition) is 3. The average Bonchev–Trinajstić information content (AvgIpc) is 2.73. The molecule has 0 radical (unpaired) electrons. The highest BCUT2D eigenvalue weighted by molar-refractivity contribution is 5.77. The standard InChI is InChI=1S/C20H25F6N5O4/c1-10-2-3-14(32)31(7-10)8-11(27-18(34)35)6-15(33)30-5-4-12-13(9-30)28-17(20(24,25)26)29-16(12)19(21,22)23/h10-11,15,27,33H,2-9H2,1H3,(H,34,35)/t10-,11-,15?/m0/s1. The van der Waals surface area contributed by atoms with Gasteiger partial charge in [0, 0.05) is 44.6 Å². The minimum absolute atomic E-state index is 0.0322. The number of halogens is 6. The maximum Gasteiger partial charge on any atom is 0.451 e. The minimum Gasteiger partial charge on any atom is -0.465 e. The number of alkyl halides is 6. The van der Waals surface area contributed by atoms with Crippen molar-refractivity contribution >= 4 is 12.0 Å². The number of carbonyl (C=O) groups is 2. The van der Waals surface area contributed by atoms with Crippen LogP contribution < -0.4 is 5.32 Å². The molecule has 0 aliphatic carbocycles. The molecule has 2 amide bonds. The lowest BCUT2D eigenvalue weighted by molar-refractivity contribution is -0.153. The molecule has 3 heterocycles. The number of amides is 2. The van der Waals surface area contributed by atoms with E-state index in [4.69, 9.17) is 5.11 Å². The van der Waals surface area contributed by atoms with Gasteiger partial charge in [0.15, 0.2) is 5.69 Å². The number of aromatic nitrogens is 2. The summed E-state index contributed by atoms with van der Waals surface area (Å²) in [4.78, 5) is 32.1. The van der Waals surface area contributed by atoms with Crippen molar-refractivity contribution in [1.29, 1.82) is 0 Å². The Morgan fingerprint density at radius 2 is 1.86 bits per heavy atom. The lowest BCUT2D eigenvalue weighted by Gasteiger charge is -2.37. The van der Waals surface area contributed by atoms with Gasteiger partial charge in [0.25, 0.3) is 0 Å². The smallest absolute Gasteiger partial charge is 0.451 e. The zero-order valence-electron chi connectivity index (χ0n) is 18.7. The molecule has 196 valence electrons. The monoisotopic (exact) mass is 513 g/mol. The van der Waals surface area contributed by atoms with Crippen LogP contribution in [-0.4, -0.2) is 73.9 Å². The SMILES string of the molecule is C[C@H]1CCC(=O)N(C[C@H](CC(O)N2CCc3c(nc(C(F)(F)F)nc3C(F)(F)F)C2)NC(=O)O)C1. The molecule has 1 aromatic heterocycles. The van der Waals surface area contributed by atoms with Crippen LogP contribution in [0.25, 0.3) is 0 Å². The van der Waals surface area contributed by atoms with Crippen molar-refractivity contribution in [1.82, 2.24) is 25.1 Å². The van der Waals surface area contributed by atoms with Crippen LogP contribution in [0, 0.1) is 5.92 Å². The normalized spacial score (nSPS) is 21.4. The van der Waals surface area contributed by atoms with Crippen molar-refractivity contribution in [3.8, 4) is 0 Å². The number of carboxylic acid groups (broad SMARTS) is 1. The number of aliphatic hydroxyl groups is 1. The van der Waals surface area contributed by atoms with E-state index in [1.54, 1.807) is 0 Å². The highest BCUT2D eigenvalue weighted by atomic mass is 19.4. The van der Waals surface area contributed by atoms with Gasteiger partial charge in [-0.1, -0.05) is 6.92 Å². The molecule has 3 N–H and O–H groups in total. The van der Waals surface area contributed by atoms with E-state index in [0.29, 0.717) is 19.4 Å². The summed E-state index contributed by atoms with van der Waals surface area (Å²) in [5.41, 5.74) is -2.64. The number of hydrogen-bond acceptors (Lipinski definition) is 6. The second-order valence-electron chi connectivity index (χ2n) is 8.84. The highest BCUT2D eigenvalue weighted by Crippen LogP contribution is 2.37. The summed E-state index contributed by atoms with van der Waals surface area (Å²) < 4.78 is 79.4. The largest absolute Gasteiger partial charge is 0.465 e. The Balaban J connectivity index is 1.78. The molecule has 1 aromatic rings. The summed E-state index contributed by atoms with van der Waals surface area (Å²) in [5, 5.41) is 22.1. The number of nitrogens with one attached hydrogen (secondary N) is 1. The van der Waals surface area contributed by atoms with E-state index in [1.165, 1.54) is 9.80 Å². The maximum atomic E-state index is 13.4. The predicted molar refractivity (Wildman–Crippen MR) is 107 cm³/mol. The topological polar surface area (TPSA) is 119 Å². The molecule has 2 aliphatic heterocycles. The molecule has 3 atom stereocenters. The summed E-state index contributed by atoms with van der Waals surface area (Å²) in [6.07, 6.45) is -12.8. The van der Waals surface area contributed by atoms with Gasteiger partial charge in [-0.15, -0.1) is 0 Å². The van der Waals surface area contributed by atoms with Gasteiger partial charge in [-0.2, -0.15) is 26.3 Å². The van der Waals surface area contributed by atoms with E-state index in [2.05, 4.69) is 15.3 Å². The Bertz CT molecular complexity index is 957. The van der Waals surface area contributed by atoms with Crippen molar-refractivity contribution in [2.45, 2.75) is 63.8 Å². The number of nitrogens with zero attached hydrogens (tertiary/aromatic N) is 4. The lowest BCUT2D eigenvalue weighted by Crippen LogP contribution is -2.51. The van der Waals surface area contributed by atoms with Crippen molar-refractivity contribution in [2.75, 3.05) is 19.6 Å². The molecule has 9 nitrogen and oxygen atoms in total. The van der Waals surface area contributed by atoms with Crippen LogP contribution in [0.2, 0.25) is 0 Å². The molecule has 0 spiro atoms. The fourth-order valence-electron chi connectivity index (χ4n) is 4.36. The van der Waals surface area contributed by atoms with Gasteiger partial charge < -0.3 is 20.4 Å². The average molecular weight is 513 g/mol. The zero-order valence-corrected chi connectivity index (χ0v) is 18.7. The third-order valence-electron chi connectivity index (χ3n) is 6.04. The van der Waals surface area contributed by atoms with Gasteiger partial charge in [-0.3, -0.25) is 9.69 Å². The molecule has 1 fully saturated rings.